The highest BCUT2D eigenvalue weighted by Crippen LogP contribution is 2.34. The number of guanidine groups is 1. The van der Waals surface area contributed by atoms with E-state index in [0.717, 1.165) is 18.4 Å². The van der Waals surface area contributed by atoms with Crippen molar-refractivity contribution in [2.45, 2.75) is 71.4 Å². The summed E-state index contributed by atoms with van der Waals surface area (Å²) in [5, 5.41) is 0. The third-order valence-corrected chi connectivity index (χ3v) is 7.70. The van der Waals surface area contributed by atoms with Gasteiger partial charge in [0.15, 0.2) is 0 Å². The van der Waals surface area contributed by atoms with E-state index < -0.39 is 5.97 Å². The molecule has 1 heterocycles. The lowest BCUT2D eigenvalue weighted by Gasteiger charge is -2.35. The zero-order valence-electron chi connectivity index (χ0n) is 25.1. The van der Waals surface area contributed by atoms with Crippen LogP contribution in [0.2, 0.25) is 0 Å². The number of fused-ring (bicyclic) bond motifs is 1. The van der Waals surface area contributed by atoms with Crippen LogP contribution in [0.15, 0.2) is 47.5 Å². The minimum Gasteiger partial charge on any atom is -0.495 e. The first-order valence-corrected chi connectivity index (χ1v) is 14.8. The predicted molar refractivity (Wildman–Crippen MR) is 161 cm³/mol. The lowest BCUT2D eigenvalue weighted by atomic mass is 9.94. The highest BCUT2D eigenvalue weighted by Gasteiger charge is 2.31. The normalized spacial score (nSPS) is 14.9. The third kappa shape index (κ3) is 7.60. The number of ether oxygens (including phenoxy) is 3. The summed E-state index contributed by atoms with van der Waals surface area (Å²) in [7, 11) is 3.46. The Morgan fingerprint density at radius 2 is 1.83 bits per heavy atom. The van der Waals surface area contributed by atoms with Gasteiger partial charge in [-0.1, -0.05) is 31.4 Å². The van der Waals surface area contributed by atoms with Crippen LogP contribution in [-0.2, 0) is 25.7 Å². The third-order valence-electron chi connectivity index (χ3n) is 7.70. The molecule has 2 aliphatic rings. The molecule has 1 aliphatic heterocycles. The summed E-state index contributed by atoms with van der Waals surface area (Å²) in [4.78, 5) is 48.1. The van der Waals surface area contributed by atoms with Crippen molar-refractivity contribution in [1.29, 1.82) is 0 Å². The molecule has 2 aromatic rings. The lowest BCUT2D eigenvalue weighted by molar-refractivity contribution is -0.143. The summed E-state index contributed by atoms with van der Waals surface area (Å²) < 4.78 is 16.7. The Bertz CT molecular complexity index is 1290. The summed E-state index contributed by atoms with van der Waals surface area (Å²) >= 11 is 0. The molecular formula is C32H42N4O6. The predicted octanol–water partition coefficient (Wildman–Crippen LogP) is 5.06. The summed E-state index contributed by atoms with van der Waals surface area (Å²) in [6, 6.07) is 13.1. The second-order valence-electron chi connectivity index (χ2n) is 10.6. The minimum absolute atomic E-state index is 0.0905. The average molecular weight is 579 g/mol. The summed E-state index contributed by atoms with van der Waals surface area (Å²) in [5.74, 6) is 0.931. The van der Waals surface area contributed by atoms with Crippen molar-refractivity contribution in [1.82, 2.24) is 9.80 Å². The first kappa shape index (κ1) is 30.9. The number of nitrogens with zero attached hydrogens (tertiary/aromatic N) is 4. The smallest absolute Gasteiger partial charge is 0.325 e. The molecular weight excluding hydrogens is 536 g/mol. The standard InChI is InChI=1S/C32H42N4O6/c1-5-41-31(39)22-35-21-24-20-26(42-19-11-16-30(38)34(3)25-12-7-6-8-13-25)17-18-27(24)33-32(35)36(23(2)37)28-14-9-10-15-29(28)40-4/h9-10,14-15,17-18,20,25H,5-8,11-13,16,19,21-22H2,1-4H3. The second kappa shape index (κ2) is 14.7. The van der Waals surface area contributed by atoms with Gasteiger partial charge in [0, 0.05) is 38.5 Å². The quantitative estimate of drug-likeness (QED) is 0.271. The van der Waals surface area contributed by atoms with Gasteiger partial charge in [0.1, 0.15) is 18.0 Å². The van der Waals surface area contributed by atoms with E-state index in [1.807, 2.05) is 42.3 Å². The van der Waals surface area contributed by atoms with Gasteiger partial charge in [-0.15, -0.1) is 0 Å². The molecule has 1 fully saturated rings. The zero-order chi connectivity index (χ0) is 30.1. The van der Waals surface area contributed by atoms with Crippen LogP contribution >= 0.6 is 0 Å². The number of benzene rings is 2. The Labute approximate surface area is 248 Å². The maximum Gasteiger partial charge on any atom is 0.325 e. The van der Waals surface area contributed by atoms with E-state index in [1.54, 1.807) is 24.0 Å². The van der Waals surface area contributed by atoms with Gasteiger partial charge in [0.2, 0.25) is 17.8 Å². The molecule has 10 nitrogen and oxygen atoms in total. The molecule has 1 aliphatic carbocycles. The van der Waals surface area contributed by atoms with Crippen molar-refractivity contribution in [3.63, 3.8) is 0 Å². The summed E-state index contributed by atoms with van der Waals surface area (Å²) in [5.41, 5.74) is 2.03. The Hall–Kier alpha value is -4.08. The minimum atomic E-state index is -0.424. The molecule has 0 unspecified atom stereocenters. The highest BCUT2D eigenvalue weighted by atomic mass is 16.5. The zero-order valence-corrected chi connectivity index (χ0v) is 25.1. The van der Waals surface area contributed by atoms with Crippen molar-refractivity contribution in [2.75, 3.05) is 38.8 Å². The fourth-order valence-corrected chi connectivity index (χ4v) is 5.52. The molecule has 0 bridgehead atoms. The van der Waals surface area contributed by atoms with Gasteiger partial charge in [-0.05, 0) is 56.5 Å². The van der Waals surface area contributed by atoms with E-state index in [4.69, 9.17) is 19.2 Å². The number of hydrogen-bond donors (Lipinski definition) is 0. The Balaban J connectivity index is 1.49. The molecule has 0 radical (unpaired) electrons. The van der Waals surface area contributed by atoms with Gasteiger partial charge >= 0.3 is 5.97 Å². The van der Waals surface area contributed by atoms with E-state index in [-0.39, 0.29) is 25.0 Å². The largest absolute Gasteiger partial charge is 0.495 e. The molecule has 1 saturated carbocycles. The van der Waals surface area contributed by atoms with Crippen LogP contribution in [0.1, 0.15) is 64.4 Å². The first-order valence-electron chi connectivity index (χ1n) is 14.8. The molecule has 2 aromatic carbocycles. The van der Waals surface area contributed by atoms with Gasteiger partial charge < -0.3 is 24.0 Å². The van der Waals surface area contributed by atoms with Crippen molar-refractivity contribution in [3.05, 3.63) is 48.0 Å². The van der Waals surface area contributed by atoms with Crippen molar-refractivity contribution in [2.24, 2.45) is 4.99 Å². The van der Waals surface area contributed by atoms with Crippen molar-refractivity contribution >= 4 is 35.1 Å². The molecule has 2 amide bonds. The molecule has 42 heavy (non-hydrogen) atoms. The van der Waals surface area contributed by atoms with Crippen molar-refractivity contribution < 1.29 is 28.6 Å². The number of esters is 1. The number of para-hydroxylation sites is 2. The van der Waals surface area contributed by atoms with Crippen molar-refractivity contribution in [3.8, 4) is 11.5 Å². The summed E-state index contributed by atoms with van der Waals surface area (Å²) in [6.07, 6.45) is 6.90. The molecule has 0 saturated heterocycles. The van der Waals surface area contributed by atoms with Crippen LogP contribution in [0.5, 0.6) is 11.5 Å². The maximum atomic E-state index is 13.0. The molecule has 0 atom stereocenters. The van der Waals surface area contributed by atoms with Gasteiger partial charge in [-0.3, -0.25) is 14.4 Å². The van der Waals surface area contributed by atoms with E-state index >= 15 is 0 Å². The highest BCUT2D eigenvalue weighted by molar-refractivity contribution is 6.17. The number of anilines is 1. The molecule has 10 heteroatoms. The van der Waals surface area contributed by atoms with Crippen LogP contribution in [-0.4, -0.2) is 73.5 Å². The first-order chi connectivity index (χ1) is 20.3. The van der Waals surface area contributed by atoms with E-state index in [0.29, 0.717) is 60.9 Å². The van der Waals surface area contributed by atoms with Crippen LogP contribution in [0, 0.1) is 0 Å². The van der Waals surface area contributed by atoms with Crippen LogP contribution in [0.3, 0.4) is 0 Å². The van der Waals surface area contributed by atoms with Gasteiger partial charge in [-0.2, -0.15) is 0 Å². The molecule has 0 N–H and O–H groups in total. The second-order valence-corrected chi connectivity index (χ2v) is 10.6. The van der Waals surface area contributed by atoms with E-state index in [9.17, 15) is 14.4 Å². The Kier molecular flexibility index (Phi) is 10.8. The van der Waals surface area contributed by atoms with E-state index in [2.05, 4.69) is 0 Å². The molecule has 226 valence electrons. The summed E-state index contributed by atoms with van der Waals surface area (Å²) in [6.45, 7) is 4.08. The maximum absolute atomic E-state index is 13.0. The Morgan fingerprint density at radius 3 is 2.55 bits per heavy atom. The number of hydrogen-bond acceptors (Lipinski definition) is 8. The average Bonchev–Trinajstić information content (AvgIpc) is 2.99. The number of aliphatic imine (C=N–C) groups is 1. The van der Waals surface area contributed by atoms with Gasteiger partial charge in [0.25, 0.3) is 0 Å². The number of methoxy groups -OCH3 is 1. The van der Waals surface area contributed by atoms with Gasteiger partial charge in [-0.25, -0.2) is 9.89 Å². The Morgan fingerprint density at radius 1 is 1.07 bits per heavy atom. The number of rotatable bonds is 11. The van der Waals surface area contributed by atoms with Crippen LogP contribution in [0.25, 0.3) is 0 Å². The van der Waals surface area contributed by atoms with E-state index in [1.165, 1.54) is 38.2 Å². The van der Waals surface area contributed by atoms with Gasteiger partial charge in [0.05, 0.1) is 31.7 Å². The lowest BCUT2D eigenvalue weighted by Crippen LogP contribution is -2.49. The molecule has 0 aromatic heterocycles. The monoisotopic (exact) mass is 578 g/mol. The molecule has 0 spiro atoms. The number of carbonyl (C=O) groups is 3. The van der Waals surface area contributed by atoms with Crippen LogP contribution < -0.4 is 14.4 Å². The number of amides is 2. The molecule has 4 rings (SSSR count). The van der Waals surface area contributed by atoms with Crippen LogP contribution in [0.4, 0.5) is 11.4 Å². The fourth-order valence-electron chi connectivity index (χ4n) is 5.52. The SMILES string of the molecule is CCOC(=O)CN1Cc2cc(OCCCC(=O)N(C)C3CCCCC3)ccc2N=C1N(C(C)=O)c1ccccc1OC. The number of carbonyl (C=O) groups excluding carboxylic acids is 3. The topological polar surface area (TPSA) is 101 Å². The fraction of sp³-hybridized carbons (Fsp3) is 0.500.